The molecule has 2 nitrogen and oxygen atoms in total. The van der Waals surface area contributed by atoms with Crippen molar-refractivity contribution in [1.29, 1.82) is 0 Å². The van der Waals surface area contributed by atoms with E-state index < -0.39 is 12.3 Å². The van der Waals surface area contributed by atoms with Crippen LogP contribution >= 0.6 is 0 Å². The Morgan fingerprint density at radius 3 is 2.48 bits per heavy atom. The van der Waals surface area contributed by atoms with Crippen molar-refractivity contribution in [2.24, 2.45) is 34.5 Å². The predicted octanol–water partition coefficient (Wildman–Crippen LogP) is 3.75. The van der Waals surface area contributed by atoms with Crippen LogP contribution in [0.1, 0.15) is 75.7 Å². The molecule has 4 aliphatic carbocycles. The van der Waals surface area contributed by atoms with Gasteiger partial charge >= 0.3 is 0 Å². The summed E-state index contributed by atoms with van der Waals surface area (Å²) in [6, 6.07) is 0. The minimum Gasteiger partial charge on any atom is -0.393 e. The SMILES string of the molecule is [2H]C([2H])([2H])[C@@]12CC[C@@H](O)C[C@H]1CC[C@@H]1[C@H]3CC[C@@H](O)[C@]3(C)CC[C@H]12. The van der Waals surface area contributed by atoms with E-state index >= 15 is 0 Å². The van der Waals surface area contributed by atoms with Gasteiger partial charge < -0.3 is 10.2 Å². The molecule has 4 rings (SSSR count). The van der Waals surface area contributed by atoms with Crippen LogP contribution in [0.4, 0.5) is 0 Å². The van der Waals surface area contributed by atoms with Crippen molar-refractivity contribution in [2.45, 2.75) is 83.8 Å². The normalized spacial score (nSPS) is 62.7. The lowest BCUT2D eigenvalue weighted by molar-refractivity contribution is -0.133. The van der Waals surface area contributed by atoms with Gasteiger partial charge in [-0.15, -0.1) is 0 Å². The van der Waals surface area contributed by atoms with Gasteiger partial charge in [-0.2, -0.15) is 0 Å². The summed E-state index contributed by atoms with van der Waals surface area (Å²) >= 11 is 0. The van der Waals surface area contributed by atoms with Gasteiger partial charge in [0.05, 0.1) is 12.2 Å². The highest BCUT2D eigenvalue weighted by atomic mass is 16.3. The molecule has 0 amide bonds. The lowest BCUT2D eigenvalue weighted by atomic mass is 9.45. The zero-order valence-electron chi connectivity index (χ0n) is 16.2. The van der Waals surface area contributed by atoms with E-state index in [1.54, 1.807) is 0 Å². The van der Waals surface area contributed by atoms with E-state index in [4.69, 9.17) is 4.11 Å². The Bertz CT molecular complexity index is 507. The summed E-state index contributed by atoms with van der Waals surface area (Å²) in [6.45, 7) is 0.302. The van der Waals surface area contributed by atoms with E-state index in [1.165, 1.54) is 0 Å². The first kappa shape index (κ1) is 11.5. The van der Waals surface area contributed by atoms with Crippen molar-refractivity contribution in [2.75, 3.05) is 0 Å². The standard InChI is InChI=1S/C19H32O2/c1-18-9-7-13(20)11-12(18)3-4-14-15-5-6-17(21)19(15,2)10-8-16(14)18/h12-17,20-21H,3-11H2,1-2H3/t12-,13-,14-,15-,16-,17-,18-,19-/m1/s1/i1D3. The largest absolute Gasteiger partial charge is 0.393 e. The number of aliphatic hydroxyl groups excluding tert-OH is 2. The summed E-state index contributed by atoms with van der Waals surface area (Å²) in [7, 11) is 0. The van der Waals surface area contributed by atoms with E-state index in [9.17, 15) is 10.2 Å². The first-order chi connectivity index (χ1) is 11.2. The smallest absolute Gasteiger partial charge is 0.0596 e. The van der Waals surface area contributed by atoms with Crippen LogP contribution in [-0.4, -0.2) is 22.4 Å². The van der Waals surface area contributed by atoms with Crippen LogP contribution in [-0.2, 0) is 0 Å². The molecule has 0 saturated heterocycles. The summed E-state index contributed by atoms with van der Waals surface area (Å²) in [5.41, 5.74) is -0.595. The van der Waals surface area contributed by atoms with Gasteiger partial charge in [-0.1, -0.05) is 13.8 Å². The Kier molecular flexibility index (Phi) is 2.57. The zero-order chi connectivity index (χ0) is 17.3. The van der Waals surface area contributed by atoms with Crippen LogP contribution in [0.3, 0.4) is 0 Å². The van der Waals surface area contributed by atoms with Crippen molar-refractivity contribution in [3.63, 3.8) is 0 Å². The van der Waals surface area contributed by atoms with Crippen molar-refractivity contribution in [3.8, 4) is 0 Å². The van der Waals surface area contributed by atoms with Gasteiger partial charge in [0.2, 0.25) is 0 Å². The minimum absolute atomic E-state index is 0.00187. The fourth-order valence-corrected chi connectivity index (χ4v) is 6.83. The van der Waals surface area contributed by atoms with Gasteiger partial charge in [0.1, 0.15) is 0 Å². The second-order valence-corrected chi connectivity index (χ2v) is 8.76. The van der Waals surface area contributed by atoms with Crippen molar-refractivity contribution in [1.82, 2.24) is 0 Å². The van der Waals surface area contributed by atoms with E-state index in [2.05, 4.69) is 6.92 Å². The quantitative estimate of drug-likeness (QED) is 0.714. The lowest BCUT2D eigenvalue weighted by Gasteiger charge is -2.60. The Labute approximate surface area is 133 Å². The number of hydrogen-bond donors (Lipinski definition) is 2. The average Bonchev–Trinajstić information content (AvgIpc) is 2.81. The molecule has 21 heavy (non-hydrogen) atoms. The fourth-order valence-electron chi connectivity index (χ4n) is 6.83. The summed E-state index contributed by atoms with van der Waals surface area (Å²) in [5.74, 6) is 1.33. The van der Waals surface area contributed by atoms with E-state index in [0.29, 0.717) is 31.1 Å². The van der Waals surface area contributed by atoms with Crippen LogP contribution in [0.2, 0.25) is 0 Å². The molecular formula is C19H32O2. The molecule has 120 valence electrons. The monoisotopic (exact) mass is 295 g/mol. The number of hydrogen-bond acceptors (Lipinski definition) is 2. The van der Waals surface area contributed by atoms with Crippen molar-refractivity contribution >= 4 is 0 Å². The molecule has 0 radical (unpaired) electrons. The Balaban J connectivity index is 1.72. The number of rotatable bonds is 0. The molecule has 0 spiro atoms. The fraction of sp³-hybridized carbons (Fsp3) is 1.00. The topological polar surface area (TPSA) is 40.5 Å². The molecule has 0 aliphatic heterocycles. The molecule has 0 unspecified atom stereocenters. The van der Waals surface area contributed by atoms with Gasteiger partial charge in [0.15, 0.2) is 0 Å². The maximum atomic E-state index is 10.5. The summed E-state index contributed by atoms with van der Waals surface area (Å²) in [6.07, 6.45) is 7.33. The minimum atomic E-state index is -1.94. The van der Waals surface area contributed by atoms with Gasteiger partial charge in [0, 0.05) is 4.11 Å². The van der Waals surface area contributed by atoms with Gasteiger partial charge in [-0.25, -0.2) is 0 Å². The molecule has 0 aromatic heterocycles. The van der Waals surface area contributed by atoms with Crippen LogP contribution in [0, 0.1) is 34.5 Å². The highest BCUT2D eigenvalue weighted by Gasteiger charge is 2.59. The molecule has 4 fully saturated rings. The van der Waals surface area contributed by atoms with Crippen LogP contribution in [0.25, 0.3) is 0 Å². The van der Waals surface area contributed by atoms with Gasteiger partial charge in [-0.3, -0.25) is 0 Å². The molecule has 2 heteroatoms. The molecule has 8 atom stereocenters. The second-order valence-electron chi connectivity index (χ2n) is 8.76. The summed E-state index contributed by atoms with van der Waals surface area (Å²) in [5, 5.41) is 20.7. The van der Waals surface area contributed by atoms with Crippen LogP contribution in [0.5, 0.6) is 0 Å². The molecule has 0 aromatic rings. The third kappa shape index (κ3) is 1.91. The molecule has 4 saturated carbocycles. The first-order valence-corrected chi connectivity index (χ1v) is 9.06. The number of fused-ring (bicyclic) bond motifs is 5. The third-order valence-electron chi connectivity index (χ3n) is 8.07. The lowest BCUT2D eigenvalue weighted by Crippen LogP contribution is -2.54. The average molecular weight is 295 g/mol. The number of aliphatic hydroxyl groups is 2. The van der Waals surface area contributed by atoms with Gasteiger partial charge in [-0.05, 0) is 92.3 Å². The van der Waals surface area contributed by atoms with E-state index in [0.717, 1.165) is 38.5 Å². The van der Waals surface area contributed by atoms with Crippen molar-refractivity contribution in [3.05, 3.63) is 0 Å². The summed E-state index contributed by atoms with van der Waals surface area (Å²) < 4.78 is 25.2. The van der Waals surface area contributed by atoms with Crippen LogP contribution < -0.4 is 0 Å². The zero-order valence-corrected chi connectivity index (χ0v) is 13.2. The Morgan fingerprint density at radius 2 is 1.67 bits per heavy atom. The predicted molar refractivity (Wildman–Crippen MR) is 83.7 cm³/mol. The van der Waals surface area contributed by atoms with Crippen molar-refractivity contribution < 1.29 is 14.3 Å². The molecule has 0 heterocycles. The highest BCUT2D eigenvalue weighted by Crippen LogP contribution is 2.66. The maximum absolute atomic E-state index is 10.5. The molecule has 2 N–H and O–H groups in total. The summed E-state index contributed by atoms with van der Waals surface area (Å²) in [4.78, 5) is 0. The second kappa shape index (κ2) is 4.71. The van der Waals surface area contributed by atoms with Crippen LogP contribution in [0.15, 0.2) is 0 Å². The van der Waals surface area contributed by atoms with E-state index in [-0.39, 0.29) is 29.5 Å². The van der Waals surface area contributed by atoms with Gasteiger partial charge in [0.25, 0.3) is 0 Å². The molecule has 0 aromatic carbocycles. The first-order valence-electron chi connectivity index (χ1n) is 10.6. The Morgan fingerprint density at radius 1 is 0.905 bits per heavy atom. The Hall–Kier alpha value is -0.0800. The van der Waals surface area contributed by atoms with E-state index in [1.807, 2.05) is 0 Å². The maximum Gasteiger partial charge on any atom is 0.0596 e. The molecule has 0 bridgehead atoms. The molecule has 4 aliphatic rings. The highest BCUT2D eigenvalue weighted by molar-refractivity contribution is 5.09. The molecular weight excluding hydrogens is 260 g/mol. The third-order valence-corrected chi connectivity index (χ3v) is 8.07.